The quantitative estimate of drug-likeness (QED) is 0.239. The Morgan fingerprint density at radius 1 is 1.16 bits per heavy atom. The van der Waals surface area contributed by atoms with Gasteiger partial charge in [0.25, 0.3) is 0 Å². The third kappa shape index (κ3) is 11.8. The number of ketones is 1. The normalized spacial score (nSPS) is 26.6. The van der Waals surface area contributed by atoms with Gasteiger partial charge < -0.3 is 14.4 Å². The first-order chi connectivity index (χ1) is 23.0. The summed E-state index contributed by atoms with van der Waals surface area (Å²) < 4.78 is 23.8. The zero-order chi connectivity index (χ0) is 37.2. The van der Waals surface area contributed by atoms with Gasteiger partial charge >= 0.3 is 6.09 Å². The van der Waals surface area contributed by atoms with Crippen molar-refractivity contribution >= 4 is 48.0 Å². The van der Waals surface area contributed by atoms with E-state index < -0.39 is 11.3 Å². The molecule has 6 unspecified atom stereocenters. The number of fused-ring (bicyclic) bond motifs is 5. The number of hydrogen-bond donors (Lipinski definition) is 1. The largest absolute Gasteiger partial charge is 0.415 e. The smallest absolute Gasteiger partial charge is 0.410 e. The summed E-state index contributed by atoms with van der Waals surface area (Å²) >= 11 is 3.93. The van der Waals surface area contributed by atoms with E-state index in [4.69, 9.17) is 33.0 Å². The number of carbonyl (C=O) groups is 2. The van der Waals surface area contributed by atoms with Gasteiger partial charge in [-0.25, -0.2) is 4.79 Å². The predicted octanol–water partition coefficient (Wildman–Crippen LogP) is 8.98. The van der Waals surface area contributed by atoms with Crippen LogP contribution in [0.4, 0.5) is 9.18 Å². The molecular formula is C39H63B3FNO4S. The van der Waals surface area contributed by atoms with Crippen molar-refractivity contribution in [1.82, 2.24) is 4.90 Å². The summed E-state index contributed by atoms with van der Waals surface area (Å²) in [6.07, 6.45) is 7.38. The van der Waals surface area contributed by atoms with E-state index in [-0.39, 0.29) is 17.6 Å². The maximum Gasteiger partial charge on any atom is 0.415 e. The molecule has 1 amide bonds. The van der Waals surface area contributed by atoms with Gasteiger partial charge in [0.05, 0.1) is 34.9 Å². The number of nitrogens with zero attached hydrogens (tertiary/aromatic N) is 1. The molecule has 0 bridgehead atoms. The summed E-state index contributed by atoms with van der Waals surface area (Å²) in [7, 11) is 15.4. The molecule has 3 fully saturated rings. The number of thiol groups is 1. The highest BCUT2D eigenvalue weighted by Gasteiger charge is 2.54. The molecule has 5 nitrogen and oxygen atoms in total. The van der Waals surface area contributed by atoms with Gasteiger partial charge in [-0.2, -0.15) is 12.6 Å². The van der Waals surface area contributed by atoms with Gasteiger partial charge in [0.15, 0.2) is 0 Å². The van der Waals surface area contributed by atoms with E-state index in [0.717, 1.165) is 56.3 Å². The second-order valence-electron chi connectivity index (χ2n) is 15.6. The third-order valence-electron chi connectivity index (χ3n) is 11.0. The fourth-order valence-corrected chi connectivity index (χ4v) is 7.61. The van der Waals surface area contributed by atoms with Gasteiger partial charge in [-0.3, -0.25) is 9.18 Å². The van der Waals surface area contributed by atoms with Crippen molar-refractivity contribution in [1.29, 1.82) is 0 Å². The third-order valence-corrected chi connectivity index (χ3v) is 11.4. The molecule has 5 rings (SSSR count). The van der Waals surface area contributed by atoms with Crippen molar-refractivity contribution in [2.24, 2.45) is 22.7 Å². The van der Waals surface area contributed by atoms with E-state index in [9.17, 15) is 14.0 Å². The van der Waals surface area contributed by atoms with E-state index in [1.165, 1.54) is 17.5 Å². The first-order valence-electron chi connectivity index (χ1n) is 18.8. The molecule has 1 heterocycles. The number of morpholine rings is 1. The van der Waals surface area contributed by atoms with Crippen molar-refractivity contribution in [3.63, 3.8) is 0 Å². The molecule has 6 radical (unpaired) electrons. The van der Waals surface area contributed by atoms with Crippen LogP contribution in [0.15, 0.2) is 12.1 Å². The SMILES string of the molecule is CC.CCC(C)(C)C.CCc1cc2c(cc1OC(=O)N1CCOC(C)C1)CCC1C2CCC2(C)C(=O)CCC12.[B]C(F)C([B])([B])CCCS. The lowest BCUT2D eigenvalue weighted by molar-refractivity contribution is -0.129. The number of carbonyl (C=O) groups excluding carboxylic acids is 2. The molecule has 0 spiro atoms. The predicted molar refractivity (Wildman–Crippen MR) is 207 cm³/mol. The average molecular weight is 693 g/mol. The zero-order valence-corrected chi connectivity index (χ0v) is 33.0. The Labute approximate surface area is 308 Å². The van der Waals surface area contributed by atoms with Gasteiger partial charge in [-0.1, -0.05) is 79.5 Å². The number of hydrogen-bond acceptors (Lipinski definition) is 5. The van der Waals surface area contributed by atoms with Crippen LogP contribution in [-0.2, 0) is 22.4 Å². The molecule has 270 valence electrons. The van der Waals surface area contributed by atoms with E-state index in [0.29, 0.717) is 67.2 Å². The Kier molecular flexibility index (Phi) is 17.4. The second kappa shape index (κ2) is 19.4. The van der Waals surface area contributed by atoms with Crippen LogP contribution in [0.25, 0.3) is 0 Å². The summed E-state index contributed by atoms with van der Waals surface area (Å²) in [6, 6.07) is 4.45. The van der Waals surface area contributed by atoms with Crippen LogP contribution in [-0.4, -0.2) is 77.9 Å². The van der Waals surface area contributed by atoms with Gasteiger partial charge in [0.1, 0.15) is 19.4 Å². The lowest BCUT2D eigenvalue weighted by Gasteiger charge is -2.48. The van der Waals surface area contributed by atoms with Crippen molar-refractivity contribution < 1.29 is 23.5 Å². The molecule has 2 saturated carbocycles. The van der Waals surface area contributed by atoms with Crippen molar-refractivity contribution in [2.45, 2.75) is 150 Å². The summed E-state index contributed by atoms with van der Waals surface area (Å²) in [5.74, 6) is 3.56. The van der Waals surface area contributed by atoms with E-state index in [1.807, 2.05) is 20.8 Å². The number of benzene rings is 1. The fraction of sp³-hybridized carbons (Fsp3) is 0.795. The van der Waals surface area contributed by atoms with Crippen molar-refractivity contribution in [3.05, 3.63) is 28.8 Å². The lowest BCUT2D eigenvalue weighted by atomic mass is 9.46. The number of alkyl halides is 1. The molecule has 4 aliphatic rings. The molecule has 49 heavy (non-hydrogen) atoms. The first kappa shape index (κ1) is 43.8. The van der Waals surface area contributed by atoms with E-state index in [2.05, 4.69) is 66.3 Å². The number of amides is 1. The Morgan fingerprint density at radius 2 is 1.82 bits per heavy atom. The Balaban J connectivity index is 0.000000385. The lowest BCUT2D eigenvalue weighted by Crippen LogP contribution is -2.45. The van der Waals surface area contributed by atoms with Gasteiger partial charge in [-0.05, 0) is 104 Å². The summed E-state index contributed by atoms with van der Waals surface area (Å²) in [4.78, 5) is 27.1. The maximum atomic E-state index is 12.8. The summed E-state index contributed by atoms with van der Waals surface area (Å²) in [5, 5.41) is -1.39. The van der Waals surface area contributed by atoms with Crippen LogP contribution in [0.1, 0.15) is 136 Å². The highest BCUT2D eigenvalue weighted by Crippen LogP contribution is 2.59. The first-order valence-corrected chi connectivity index (χ1v) is 19.5. The summed E-state index contributed by atoms with van der Waals surface area (Å²) in [5.41, 5.74) is 4.36. The number of rotatable bonds is 6. The fourth-order valence-electron chi connectivity index (χ4n) is 7.45. The van der Waals surface area contributed by atoms with Crippen LogP contribution >= 0.6 is 12.6 Å². The zero-order valence-electron chi connectivity index (χ0n) is 32.1. The van der Waals surface area contributed by atoms with E-state index >= 15 is 0 Å². The highest BCUT2D eigenvalue weighted by atomic mass is 32.1. The monoisotopic (exact) mass is 693 g/mol. The van der Waals surface area contributed by atoms with Crippen LogP contribution in [0.5, 0.6) is 5.75 Å². The van der Waals surface area contributed by atoms with E-state index in [1.54, 1.807) is 4.90 Å². The number of Topliss-reactive ketones (excluding diaryl/α,β-unsaturated/α-hetero) is 1. The molecule has 3 aliphatic carbocycles. The van der Waals surface area contributed by atoms with Gasteiger partial charge in [0.2, 0.25) is 0 Å². The minimum Gasteiger partial charge on any atom is -0.410 e. The number of aryl methyl sites for hydroxylation is 2. The van der Waals surface area contributed by atoms with Gasteiger partial charge in [-0.15, -0.1) is 0 Å². The molecule has 0 N–H and O–H groups in total. The molecule has 6 atom stereocenters. The minimum absolute atomic E-state index is 0.0480. The molecule has 1 aromatic rings. The molecule has 1 aliphatic heterocycles. The van der Waals surface area contributed by atoms with Crippen LogP contribution < -0.4 is 4.74 Å². The standard InChI is InChI=1S/C26H35NO4.C6H14.C5H8B3FS.C2H6/c1-4-17-13-21-18(14-23(17)31-25(29)27-11-12-30-16(2)15-27)5-6-20-19(21)9-10-26(3)22(20)7-8-24(26)28;1-5-6(2,3)4;6-4(9)5(7,8)2-1-3-10;1-2/h13-14,16,19-20,22H,4-12,15H2,1-3H3;5H2,1-4H3;4,10H,1-3H2;1-2H3. The number of ether oxygens (including phenoxy) is 2. The summed E-state index contributed by atoms with van der Waals surface area (Å²) in [6.45, 7) is 21.0. The van der Waals surface area contributed by atoms with Crippen molar-refractivity contribution in [3.8, 4) is 5.75 Å². The second-order valence-corrected chi connectivity index (χ2v) is 16.0. The van der Waals surface area contributed by atoms with Crippen LogP contribution in [0, 0.1) is 22.7 Å². The van der Waals surface area contributed by atoms with Crippen molar-refractivity contribution in [2.75, 3.05) is 25.4 Å². The van der Waals surface area contributed by atoms with Gasteiger partial charge in [0, 0.05) is 24.5 Å². The van der Waals surface area contributed by atoms with Crippen LogP contribution in [0.3, 0.4) is 0 Å². The number of halogens is 1. The van der Waals surface area contributed by atoms with Crippen LogP contribution in [0.2, 0.25) is 5.21 Å². The molecule has 0 aromatic heterocycles. The Bertz CT molecular complexity index is 1210. The molecule has 1 saturated heterocycles. The topological polar surface area (TPSA) is 55.8 Å². The average Bonchev–Trinajstić information content (AvgIpc) is 3.38. The maximum absolute atomic E-state index is 12.8. The highest BCUT2D eigenvalue weighted by molar-refractivity contribution is 7.80. The Hall–Kier alpha value is -1.41. The Morgan fingerprint density at radius 3 is 2.37 bits per heavy atom. The molecule has 10 heteroatoms. The molecule has 1 aromatic carbocycles. The minimum atomic E-state index is -1.66. The molecular weight excluding hydrogens is 630 g/mol.